The SMILES string of the molecule is CCCNC(Cc1nc(C(C)CC)no1)C(C)C. The summed E-state index contributed by atoms with van der Waals surface area (Å²) in [5.41, 5.74) is 0. The van der Waals surface area contributed by atoms with Gasteiger partial charge in [-0.25, -0.2) is 0 Å². The molecule has 0 aliphatic heterocycles. The van der Waals surface area contributed by atoms with Crippen LogP contribution in [0.4, 0.5) is 0 Å². The number of hydrogen-bond acceptors (Lipinski definition) is 4. The summed E-state index contributed by atoms with van der Waals surface area (Å²) in [7, 11) is 0. The fourth-order valence-electron chi connectivity index (χ4n) is 1.80. The van der Waals surface area contributed by atoms with E-state index in [4.69, 9.17) is 4.52 Å². The van der Waals surface area contributed by atoms with Crippen molar-refractivity contribution in [1.29, 1.82) is 0 Å². The smallest absolute Gasteiger partial charge is 0.228 e. The van der Waals surface area contributed by atoms with Gasteiger partial charge < -0.3 is 9.84 Å². The first kappa shape index (κ1) is 15.2. The molecule has 2 atom stereocenters. The average Bonchev–Trinajstić information content (AvgIpc) is 2.81. The minimum Gasteiger partial charge on any atom is -0.339 e. The Morgan fingerprint density at radius 2 is 1.94 bits per heavy atom. The van der Waals surface area contributed by atoms with Gasteiger partial charge in [0, 0.05) is 18.4 Å². The van der Waals surface area contributed by atoms with Crippen LogP contribution in [0.3, 0.4) is 0 Å². The van der Waals surface area contributed by atoms with E-state index >= 15 is 0 Å². The maximum atomic E-state index is 5.35. The highest BCUT2D eigenvalue weighted by atomic mass is 16.5. The molecule has 0 bridgehead atoms. The van der Waals surface area contributed by atoms with Crippen LogP contribution < -0.4 is 5.32 Å². The maximum absolute atomic E-state index is 5.35. The van der Waals surface area contributed by atoms with E-state index in [0.29, 0.717) is 17.9 Å². The molecule has 1 heterocycles. The molecule has 1 rings (SSSR count). The summed E-state index contributed by atoms with van der Waals surface area (Å²) in [6, 6.07) is 0.412. The second kappa shape index (κ2) is 7.52. The monoisotopic (exact) mass is 253 g/mol. The van der Waals surface area contributed by atoms with Crippen LogP contribution in [0.25, 0.3) is 0 Å². The second-order valence-corrected chi connectivity index (χ2v) is 5.36. The Hall–Kier alpha value is -0.900. The summed E-state index contributed by atoms with van der Waals surface area (Å²) in [6.45, 7) is 11.9. The van der Waals surface area contributed by atoms with Crippen molar-refractivity contribution in [2.24, 2.45) is 5.92 Å². The molecular formula is C14H27N3O. The van der Waals surface area contributed by atoms with Crippen LogP contribution in [0.1, 0.15) is 65.1 Å². The number of rotatable bonds is 8. The minimum atomic E-state index is 0.378. The van der Waals surface area contributed by atoms with Crippen molar-refractivity contribution in [3.05, 3.63) is 11.7 Å². The molecule has 104 valence electrons. The number of aromatic nitrogens is 2. The van der Waals surface area contributed by atoms with Crippen LogP contribution in [0, 0.1) is 5.92 Å². The van der Waals surface area contributed by atoms with Gasteiger partial charge in [-0.15, -0.1) is 0 Å². The molecule has 0 radical (unpaired) electrons. The van der Waals surface area contributed by atoms with Gasteiger partial charge in [-0.2, -0.15) is 4.98 Å². The summed E-state index contributed by atoms with van der Waals surface area (Å²) >= 11 is 0. The molecule has 0 fully saturated rings. The van der Waals surface area contributed by atoms with Crippen molar-refractivity contribution in [3.8, 4) is 0 Å². The Bertz CT molecular complexity index is 336. The number of nitrogens with zero attached hydrogens (tertiary/aromatic N) is 2. The first-order valence-corrected chi connectivity index (χ1v) is 7.14. The van der Waals surface area contributed by atoms with Crippen LogP contribution in [0.2, 0.25) is 0 Å². The fraction of sp³-hybridized carbons (Fsp3) is 0.857. The predicted molar refractivity (Wildman–Crippen MR) is 73.6 cm³/mol. The Kier molecular flexibility index (Phi) is 6.33. The van der Waals surface area contributed by atoms with Crippen LogP contribution in [-0.4, -0.2) is 22.7 Å². The molecular weight excluding hydrogens is 226 g/mol. The van der Waals surface area contributed by atoms with Gasteiger partial charge in [0.2, 0.25) is 5.89 Å². The molecule has 0 aromatic carbocycles. The van der Waals surface area contributed by atoms with Crippen molar-refractivity contribution < 1.29 is 4.52 Å². The average molecular weight is 253 g/mol. The molecule has 1 aromatic heterocycles. The molecule has 0 saturated carbocycles. The molecule has 1 N–H and O–H groups in total. The van der Waals surface area contributed by atoms with Gasteiger partial charge in [0.1, 0.15) is 0 Å². The number of nitrogens with one attached hydrogen (secondary N) is 1. The zero-order chi connectivity index (χ0) is 13.5. The highest BCUT2D eigenvalue weighted by Crippen LogP contribution is 2.16. The Labute approximate surface area is 111 Å². The van der Waals surface area contributed by atoms with E-state index in [1.54, 1.807) is 0 Å². The molecule has 0 aliphatic carbocycles. The molecule has 0 saturated heterocycles. The zero-order valence-corrected chi connectivity index (χ0v) is 12.4. The first-order chi connectivity index (χ1) is 8.58. The second-order valence-electron chi connectivity index (χ2n) is 5.36. The van der Waals surface area contributed by atoms with Gasteiger partial charge in [-0.05, 0) is 25.3 Å². The quantitative estimate of drug-likeness (QED) is 0.773. The highest BCUT2D eigenvalue weighted by Gasteiger charge is 2.18. The largest absolute Gasteiger partial charge is 0.339 e. The summed E-state index contributed by atoms with van der Waals surface area (Å²) in [5.74, 6) is 2.54. The Morgan fingerprint density at radius 3 is 2.50 bits per heavy atom. The molecule has 0 spiro atoms. The number of hydrogen-bond donors (Lipinski definition) is 1. The van der Waals surface area contributed by atoms with Crippen molar-refractivity contribution in [1.82, 2.24) is 15.5 Å². The summed E-state index contributed by atoms with van der Waals surface area (Å²) < 4.78 is 5.35. The van der Waals surface area contributed by atoms with E-state index in [2.05, 4.69) is 50.1 Å². The molecule has 4 nitrogen and oxygen atoms in total. The highest BCUT2D eigenvalue weighted by molar-refractivity contribution is 4.95. The molecule has 1 aromatic rings. The first-order valence-electron chi connectivity index (χ1n) is 7.14. The lowest BCUT2D eigenvalue weighted by Gasteiger charge is -2.20. The van der Waals surface area contributed by atoms with Crippen molar-refractivity contribution >= 4 is 0 Å². The normalized spacial score (nSPS) is 15.0. The lowest BCUT2D eigenvalue weighted by molar-refractivity contribution is 0.323. The van der Waals surface area contributed by atoms with E-state index in [1.807, 2.05) is 0 Å². The summed E-state index contributed by atoms with van der Waals surface area (Å²) in [5, 5.41) is 7.61. The summed E-state index contributed by atoms with van der Waals surface area (Å²) in [4.78, 5) is 4.49. The maximum Gasteiger partial charge on any atom is 0.228 e. The predicted octanol–water partition coefficient (Wildman–Crippen LogP) is 3.15. The molecule has 18 heavy (non-hydrogen) atoms. The third-order valence-corrected chi connectivity index (χ3v) is 3.39. The van der Waals surface area contributed by atoms with Crippen LogP contribution >= 0.6 is 0 Å². The molecule has 4 heteroatoms. The Morgan fingerprint density at radius 1 is 1.22 bits per heavy atom. The van der Waals surface area contributed by atoms with E-state index in [1.165, 1.54) is 0 Å². The summed E-state index contributed by atoms with van der Waals surface area (Å²) in [6.07, 6.45) is 3.01. The standard InChI is InChI=1S/C14H27N3O/c1-6-8-15-12(10(3)4)9-13-16-14(17-18-13)11(5)7-2/h10-12,15H,6-9H2,1-5H3. The third kappa shape index (κ3) is 4.41. The van der Waals surface area contributed by atoms with Crippen molar-refractivity contribution in [2.45, 2.75) is 65.8 Å². The van der Waals surface area contributed by atoms with Gasteiger partial charge in [0.05, 0.1) is 0 Å². The molecule has 0 amide bonds. The van der Waals surface area contributed by atoms with Crippen LogP contribution in [0.5, 0.6) is 0 Å². The van der Waals surface area contributed by atoms with E-state index in [9.17, 15) is 0 Å². The van der Waals surface area contributed by atoms with Crippen molar-refractivity contribution in [2.75, 3.05) is 6.54 Å². The Balaban J connectivity index is 2.60. The molecule has 0 aliphatic rings. The lowest BCUT2D eigenvalue weighted by Crippen LogP contribution is -2.36. The fourth-order valence-corrected chi connectivity index (χ4v) is 1.80. The van der Waals surface area contributed by atoms with Crippen LogP contribution in [0.15, 0.2) is 4.52 Å². The van der Waals surface area contributed by atoms with E-state index in [-0.39, 0.29) is 0 Å². The van der Waals surface area contributed by atoms with Gasteiger partial charge in [-0.1, -0.05) is 39.8 Å². The topological polar surface area (TPSA) is 51.0 Å². The zero-order valence-electron chi connectivity index (χ0n) is 12.4. The van der Waals surface area contributed by atoms with Gasteiger partial charge in [0.25, 0.3) is 0 Å². The van der Waals surface area contributed by atoms with Gasteiger partial charge in [-0.3, -0.25) is 0 Å². The minimum absolute atomic E-state index is 0.378. The van der Waals surface area contributed by atoms with Gasteiger partial charge >= 0.3 is 0 Å². The van der Waals surface area contributed by atoms with E-state index in [0.717, 1.165) is 37.5 Å². The lowest BCUT2D eigenvalue weighted by atomic mass is 10.0. The van der Waals surface area contributed by atoms with Crippen LogP contribution in [-0.2, 0) is 6.42 Å². The van der Waals surface area contributed by atoms with Crippen molar-refractivity contribution in [3.63, 3.8) is 0 Å². The van der Waals surface area contributed by atoms with Gasteiger partial charge in [0.15, 0.2) is 5.82 Å². The molecule has 2 unspecified atom stereocenters. The third-order valence-electron chi connectivity index (χ3n) is 3.39. The van der Waals surface area contributed by atoms with E-state index < -0.39 is 0 Å².